The lowest BCUT2D eigenvalue weighted by molar-refractivity contribution is 0.369. The van der Waals surface area contributed by atoms with Gasteiger partial charge in [0.2, 0.25) is 0 Å². The minimum atomic E-state index is -0.0322. The molecule has 0 unspecified atom stereocenters. The van der Waals surface area contributed by atoms with E-state index in [1.54, 1.807) is 24.3 Å². The van der Waals surface area contributed by atoms with E-state index in [2.05, 4.69) is 0 Å². The Hall–Kier alpha value is -2.26. The van der Waals surface area contributed by atoms with E-state index in [4.69, 9.17) is 20.8 Å². The van der Waals surface area contributed by atoms with E-state index in [1.807, 2.05) is 21.9 Å². The maximum atomic E-state index is 9.14. The molecule has 0 aliphatic rings. The van der Waals surface area contributed by atoms with Gasteiger partial charge in [0.1, 0.15) is 11.4 Å². The summed E-state index contributed by atoms with van der Waals surface area (Å²) in [5, 5.41) is 37.5. The molecule has 0 radical (unpaired) electrons. The molecule has 0 amide bonds. The van der Waals surface area contributed by atoms with Crippen LogP contribution in [-0.4, -0.2) is 20.8 Å². The fourth-order valence-corrected chi connectivity index (χ4v) is 1.89. The molecule has 0 aliphatic heterocycles. The number of hydrogen-bond acceptors (Lipinski definition) is 8. The van der Waals surface area contributed by atoms with Gasteiger partial charge in [-0.25, -0.2) is 0 Å². The third kappa shape index (κ3) is 1.65. The zero-order chi connectivity index (χ0) is 13.1. The highest BCUT2D eigenvalue weighted by Gasteiger charge is 2.18. The van der Waals surface area contributed by atoms with Crippen molar-refractivity contribution in [3.05, 3.63) is 24.3 Å². The second-order valence-electron chi connectivity index (χ2n) is 3.49. The first-order chi connectivity index (χ1) is 8.78. The monoisotopic (exact) mass is 252 g/mol. The average molecular weight is 252 g/mol. The van der Waals surface area contributed by atoms with Gasteiger partial charge in [0.05, 0.1) is 11.4 Å². The van der Waals surface area contributed by atoms with Gasteiger partial charge in [-0.1, -0.05) is 24.3 Å². The lowest BCUT2D eigenvalue weighted by Gasteiger charge is -2.18. The topological polar surface area (TPSA) is 129 Å². The maximum absolute atomic E-state index is 9.14. The summed E-state index contributed by atoms with van der Waals surface area (Å²) in [7, 11) is 0. The standard InChI is InChI=1S/C10H12N4O4/c15-11-7-5-3-1-2-4-6(5)8(12-16)10(14-18)9(7)13-17/h1-4,11-18H. The quantitative estimate of drug-likeness (QED) is 0.388. The average Bonchev–Trinajstić information content (AvgIpc) is 2.44. The molecule has 0 aliphatic carbocycles. The maximum Gasteiger partial charge on any atom is 0.114 e. The van der Waals surface area contributed by atoms with Gasteiger partial charge in [0, 0.05) is 10.8 Å². The first kappa shape index (κ1) is 12.2. The molecule has 2 aromatic carbocycles. The van der Waals surface area contributed by atoms with Crippen molar-refractivity contribution in [3.63, 3.8) is 0 Å². The van der Waals surface area contributed by atoms with Crippen molar-refractivity contribution in [3.8, 4) is 0 Å². The van der Waals surface area contributed by atoms with Gasteiger partial charge in [0.15, 0.2) is 0 Å². The van der Waals surface area contributed by atoms with Crippen LogP contribution in [0.15, 0.2) is 24.3 Å². The van der Waals surface area contributed by atoms with Crippen LogP contribution < -0.4 is 21.9 Å². The molecule has 0 saturated carbocycles. The highest BCUT2D eigenvalue weighted by molar-refractivity contribution is 6.13. The van der Waals surface area contributed by atoms with Crippen molar-refractivity contribution in [1.29, 1.82) is 0 Å². The van der Waals surface area contributed by atoms with Gasteiger partial charge >= 0.3 is 0 Å². The number of hydrogen-bond donors (Lipinski definition) is 8. The third-order valence-corrected chi connectivity index (χ3v) is 2.66. The van der Waals surface area contributed by atoms with E-state index in [9.17, 15) is 0 Å². The van der Waals surface area contributed by atoms with Crippen LogP contribution in [0.5, 0.6) is 0 Å². The van der Waals surface area contributed by atoms with Gasteiger partial charge in [-0.05, 0) is 0 Å². The lowest BCUT2D eigenvalue weighted by atomic mass is 10.0. The molecule has 8 heteroatoms. The molecule has 2 aromatic rings. The second kappa shape index (κ2) is 4.94. The van der Waals surface area contributed by atoms with Gasteiger partial charge < -0.3 is 0 Å². The summed E-state index contributed by atoms with van der Waals surface area (Å²) in [6, 6.07) is 6.77. The smallest absolute Gasteiger partial charge is 0.114 e. The van der Waals surface area contributed by atoms with Gasteiger partial charge in [-0.2, -0.15) is 0 Å². The number of anilines is 4. The predicted octanol–water partition coefficient (Wildman–Crippen LogP) is 2.04. The Balaban J connectivity index is 2.94. The first-order valence-electron chi connectivity index (χ1n) is 4.97. The Labute approximate surface area is 101 Å². The van der Waals surface area contributed by atoms with Crippen molar-refractivity contribution >= 4 is 33.5 Å². The molecular weight excluding hydrogens is 240 g/mol. The minimum absolute atomic E-state index is 0.0322. The molecule has 0 aromatic heterocycles. The lowest BCUT2D eigenvalue weighted by Crippen LogP contribution is -2.07. The third-order valence-electron chi connectivity index (χ3n) is 2.66. The fraction of sp³-hybridized carbons (Fsp3) is 0. The Morgan fingerprint density at radius 1 is 0.556 bits per heavy atom. The summed E-state index contributed by atoms with van der Waals surface area (Å²) in [5.74, 6) is 0. The van der Waals surface area contributed by atoms with E-state index in [0.717, 1.165) is 0 Å². The van der Waals surface area contributed by atoms with Crippen molar-refractivity contribution in [2.24, 2.45) is 0 Å². The Kier molecular flexibility index (Phi) is 3.35. The molecule has 0 heterocycles. The Morgan fingerprint density at radius 3 is 1.17 bits per heavy atom. The van der Waals surface area contributed by atoms with Gasteiger partial charge in [-0.3, -0.25) is 42.7 Å². The van der Waals surface area contributed by atoms with Crippen LogP contribution in [0, 0.1) is 0 Å². The van der Waals surface area contributed by atoms with Crippen molar-refractivity contribution in [1.82, 2.24) is 0 Å². The molecule has 18 heavy (non-hydrogen) atoms. The fourth-order valence-electron chi connectivity index (χ4n) is 1.89. The van der Waals surface area contributed by atoms with E-state index in [1.165, 1.54) is 0 Å². The van der Waals surface area contributed by atoms with Crippen molar-refractivity contribution in [2.45, 2.75) is 0 Å². The number of nitrogens with one attached hydrogen (secondary N) is 4. The minimum Gasteiger partial charge on any atom is -0.291 e. The number of fused-ring (bicyclic) bond motifs is 1. The van der Waals surface area contributed by atoms with E-state index in [-0.39, 0.29) is 22.7 Å². The summed E-state index contributed by atoms with van der Waals surface area (Å²) in [5.41, 5.74) is 7.76. The molecule has 0 saturated heterocycles. The van der Waals surface area contributed by atoms with E-state index < -0.39 is 0 Å². The predicted molar refractivity (Wildman–Crippen MR) is 65.6 cm³/mol. The van der Waals surface area contributed by atoms with Crippen LogP contribution >= 0.6 is 0 Å². The molecule has 8 N–H and O–H groups in total. The van der Waals surface area contributed by atoms with Crippen LogP contribution in [0.25, 0.3) is 10.8 Å². The van der Waals surface area contributed by atoms with Crippen molar-refractivity contribution in [2.75, 3.05) is 21.9 Å². The number of rotatable bonds is 4. The van der Waals surface area contributed by atoms with Crippen LogP contribution in [-0.2, 0) is 0 Å². The molecule has 0 fully saturated rings. The van der Waals surface area contributed by atoms with Crippen molar-refractivity contribution < 1.29 is 20.8 Å². The number of benzene rings is 2. The van der Waals surface area contributed by atoms with Gasteiger partial charge in [-0.15, -0.1) is 0 Å². The zero-order valence-electron chi connectivity index (χ0n) is 9.10. The van der Waals surface area contributed by atoms with Crippen LogP contribution in [0.2, 0.25) is 0 Å². The molecule has 0 spiro atoms. The summed E-state index contributed by atoms with van der Waals surface area (Å²) in [6.45, 7) is 0. The Morgan fingerprint density at radius 2 is 0.889 bits per heavy atom. The highest BCUT2D eigenvalue weighted by atomic mass is 16.5. The molecule has 0 bridgehead atoms. The van der Waals surface area contributed by atoms with Crippen LogP contribution in [0.3, 0.4) is 0 Å². The highest BCUT2D eigenvalue weighted by Crippen LogP contribution is 2.44. The SMILES string of the molecule is ONc1c(NO)c(NO)c2ccccc2c1NO. The van der Waals surface area contributed by atoms with Crippen LogP contribution in [0.1, 0.15) is 0 Å². The summed E-state index contributed by atoms with van der Waals surface area (Å²) < 4.78 is 0. The summed E-state index contributed by atoms with van der Waals surface area (Å²) >= 11 is 0. The van der Waals surface area contributed by atoms with E-state index >= 15 is 0 Å². The molecule has 2 rings (SSSR count). The normalized spacial score (nSPS) is 10.2. The molecule has 8 nitrogen and oxygen atoms in total. The first-order valence-corrected chi connectivity index (χ1v) is 4.97. The largest absolute Gasteiger partial charge is 0.291 e. The summed E-state index contributed by atoms with van der Waals surface area (Å²) in [6.07, 6.45) is 0. The summed E-state index contributed by atoms with van der Waals surface area (Å²) in [4.78, 5) is 0. The second-order valence-corrected chi connectivity index (χ2v) is 3.49. The van der Waals surface area contributed by atoms with Crippen LogP contribution in [0.4, 0.5) is 22.7 Å². The Bertz CT molecular complexity index is 525. The zero-order valence-corrected chi connectivity index (χ0v) is 9.10. The molecular formula is C10H12N4O4. The molecule has 0 atom stereocenters. The van der Waals surface area contributed by atoms with E-state index in [0.29, 0.717) is 10.8 Å². The molecule has 96 valence electrons. The van der Waals surface area contributed by atoms with Gasteiger partial charge in [0.25, 0.3) is 0 Å².